The van der Waals surface area contributed by atoms with Gasteiger partial charge >= 0.3 is 0 Å². The van der Waals surface area contributed by atoms with Gasteiger partial charge in [0.15, 0.2) is 0 Å². The van der Waals surface area contributed by atoms with Gasteiger partial charge in [0.1, 0.15) is 0 Å². The van der Waals surface area contributed by atoms with Crippen LogP contribution in [-0.4, -0.2) is 17.3 Å². The van der Waals surface area contributed by atoms with E-state index in [2.05, 4.69) is 29.8 Å². The first kappa shape index (κ1) is 12.1. The van der Waals surface area contributed by atoms with Gasteiger partial charge in [0.25, 0.3) is 0 Å². The van der Waals surface area contributed by atoms with Gasteiger partial charge in [0, 0.05) is 17.0 Å². The molecule has 2 nitrogen and oxygen atoms in total. The molecular weight excluding hydrogens is 218 g/mol. The quantitative estimate of drug-likeness (QED) is 0.846. The lowest BCUT2D eigenvalue weighted by Gasteiger charge is -2.31. The van der Waals surface area contributed by atoms with Crippen LogP contribution in [0.2, 0.25) is 0 Å². The highest BCUT2D eigenvalue weighted by atomic mass is 32.1. The molecule has 2 rings (SSSR count). The third kappa shape index (κ3) is 2.84. The molecule has 2 N–H and O–H groups in total. The number of aliphatic hydroxyl groups excluding tert-OH is 1. The molecule has 3 atom stereocenters. The lowest BCUT2D eigenvalue weighted by molar-refractivity contribution is 0.0847. The third-order valence-corrected chi connectivity index (χ3v) is 4.43. The van der Waals surface area contributed by atoms with Crippen molar-refractivity contribution in [2.45, 2.75) is 57.2 Å². The van der Waals surface area contributed by atoms with E-state index in [4.69, 9.17) is 0 Å². The van der Waals surface area contributed by atoms with Crippen LogP contribution in [-0.2, 0) is 0 Å². The lowest BCUT2D eigenvalue weighted by Crippen LogP contribution is -2.43. The Bertz CT molecular complexity index is 299. The maximum absolute atomic E-state index is 9.95. The average Bonchev–Trinajstić information content (AvgIpc) is 2.81. The zero-order chi connectivity index (χ0) is 11.4. The van der Waals surface area contributed by atoms with Gasteiger partial charge in [-0.3, -0.25) is 0 Å². The van der Waals surface area contributed by atoms with Crippen LogP contribution in [0.4, 0.5) is 0 Å². The van der Waals surface area contributed by atoms with Gasteiger partial charge in [-0.15, -0.1) is 11.3 Å². The van der Waals surface area contributed by atoms with E-state index < -0.39 is 0 Å². The molecule has 0 radical (unpaired) electrons. The van der Waals surface area contributed by atoms with E-state index in [-0.39, 0.29) is 6.10 Å². The predicted octanol–water partition coefficient (Wildman–Crippen LogP) is 3.09. The molecular formula is C13H21NOS. The zero-order valence-electron chi connectivity index (χ0n) is 9.86. The minimum absolute atomic E-state index is 0.150. The normalized spacial score (nSPS) is 27.9. The second kappa shape index (κ2) is 5.80. The Kier molecular flexibility index (Phi) is 4.38. The summed E-state index contributed by atoms with van der Waals surface area (Å²) in [6.45, 7) is 2.20. The molecule has 0 saturated heterocycles. The second-order valence-corrected chi connectivity index (χ2v) is 5.58. The highest BCUT2D eigenvalue weighted by Gasteiger charge is 2.25. The van der Waals surface area contributed by atoms with Crippen molar-refractivity contribution < 1.29 is 5.11 Å². The molecule has 0 aromatic carbocycles. The number of nitrogens with one attached hydrogen (secondary N) is 1. The van der Waals surface area contributed by atoms with Crippen LogP contribution < -0.4 is 5.32 Å². The predicted molar refractivity (Wildman–Crippen MR) is 68.7 cm³/mol. The van der Waals surface area contributed by atoms with Crippen LogP contribution in [0.25, 0.3) is 0 Å². The number of hydrogen-bond acceptors (Lipinski definition) is 3. The molecule has 1 aromatic heterocycles. The summed E-state index contributed by atoms with van der Waals surface area (Å²) in [6.07, 6.45) is 5.43. The number of rotatable bonds is 4. The SMILES string of the molecule is CCC(NC1CCCCC1O)c1cccs1. The largest absolute Gasteiger partial charge is 0.392 e. The Morgan fingerprint density at radius 1 is 1.50 bits per heavy atom. The summed E-state index contributed by atoms with van der Waals surface area (Å²) >= 11 is 1.80. The summed E-state index contributed by atoms with van der Waals surface area (Å²) in [5.74, 6) is 0. The van der Waals surface area contributed by atoms with E-state index in [0.717, 1.165) is 19.3 Å². The monoisotopic (exact) mass is 239 g/mol. The van der Waals surface area contributed by atoms with Crippen molar-refractivity contribution in [3.05, 3.63) is 22.4 Å². The van der Waals surface area contributed by atoms with E-state index in [9.17, 15) is 5.11 Å². The Balaban J connectivity index is 1.95. The minimum atomic E-state index is -0.150. The molecule has 1 aliphatic rings. The first-order valence-corrected chi connectivity index (χ1v) is 7.16. The maximum atomic E-state index is 9.95. The Labute approximate surface area is 102 Å². The van der Waals surface area contributed by atoms with Gasteiger partial charge in [0.05, 0.1) is 6.10 Å². The average molecular weight is 239 g/mol. The molecule has 1 saturated carbocycles. The molecule has 1 aromatic rings. The fraction of sp³-hybridized carbons (Fsp3) is 0.692. The number of thiophene rings is 1. The number of aliphatic hydroxyl groups is 1. The summed E-state index contributed by atoms with van der Waals surface area (Å²) < 4.78 is 0. The summed E-state index contributed by atoms with van der Waals surface area (Å²) in [5, 5.41) is 15.7. The Hall–Kier alpha value is -0.380. The van der Waals surface area contributed by atoms with Crippen LogP contribution in [0.5, 0.6) is 0 Å². The van der Waals surface area contributed by atoms with E-state index in [1.54, 1.807) is 11.3 Å². The number of hydrogen-bond donors (Lipinski definition) is 2. The van der Waals surface area contributed by atoms with Crippen molar-refractivity contribution in [2.24, 2.45) is 0 Å². The third-order valence-electron chi connectivity index (χ3n) is 3.44. The van der Waals surface area contributed by atoms with E-state index in [0.29, 0.717) is 12.1 Å². The van der Waals surface area contributed by atoms with Crippen LogP contribution >= 0.6 is 11.3 Å². The molecule has 1 heterocycles. The van der Waals surface area contributed by atoms with Gasteiger partial charge in [0.2, 0.25) is 0 Å². The van der Waals surface area contributed by atoms with Gasteiger partial charge < -0.3 is 10.4 Å². The zero-order valence-corrected chi connectivity index (χ0v) is 10.7. The minimum Gasteiger partial charge on any atom is -0.392 e. The molecule has 0 spiro atoms. The fourth-order valence-corrected chi connectivity index (χ4v) is 3.33. The Morgan fingerprint density at radius 2 is 2.31 bits per heavy atom. The summed E-state index contributed by atoms with van der Waals surface area (Å²) in [4.78, 5) is 1.39. The van der Waals surface area contributed by atoms with Gasteiger partial charge in [-0.1, -0.05) is 25.8 Å². The summed E-state index contributed by atoms with van der Waals surface area (Å²) in [7, 11) is 0. The molecule has 3 unspecified atom stereocenters. The first-order chi connectivity index (χ1) is 7.81. The van der Waals surface area contributed by atoms with Gasteiger partial charge in [-0.05, 0) is 30.7 Å². The molecule has 0 bridgehead atoms. The molecule has 0 amide bonds. The molecule has 3 heteroatoms. The van der Waals surface area contributed by atoms with Crippen molar-refractivity contribution in [2.75, 3.05) is 0 Å². The van der Waals surface area contributed by atoms with Crippen molar-refractivity contribution in [1.29, 1.82) is 0 Å². The van der Waals surface area contributed by atoms with Crippen LogP contribution in [0.3, 0.4) is 0 Å². The topological polar surface area (TPSA) is 32.3 Å². The molecule has 0 aliphatic heterocycles. The molecule has 90 valence electrons. The van der Waals surface area contributed by atoms with Crippen LogP contribution in [0, 0.1) is 0 Å². The van der Waals surface area contributed by atoms with E-state index in [1.165, 1.54) is 17.7 Å². The van der Waals surface area contributed by atoms with Crippen molar-refractivity contribution >= 4 is 11.3 Å². The van der Waals surface area contributed by atoms with Crippen LogP contribution in [0.1, 0.15) is 49.9 Å². The van der Waals surface area contributed by atoms with Gasteiger partial charge in [-0.25, -0.2) is 0 Å². The van der Waals surface area contributed by atoms with Crippen molar-refractivity contribution in [1.82, 2.24) is 5.32 Å². The van der Waals surface area contributed by atoms with Crippen LogP contribution in [0.15, 0.2) is 17.5 Å². The van der Waals surface area contributed by atoms with Crippen molar-refractivity contribution in [3.63, 3.8) is 0 Å². The summed E-state index contributed by atoms with van der Waals surface area (Å²) in [6, 6.07) is 4.99. The van der Waals surface area contributed by atoms with E-state index in [1.807, 2.05) is 0 Å². The standard InChI is InChI=1S/C13H21NOS/c1-2-10(13-8-5-9-16-13)14-11-6-3-4-7-12(11)15/h5,8-12,14-15H,2-4,6-7H2,1H3. The molecule has 1 fully saturated rings. The maximum Gasteiger partial charge on any atom is 0.0693 e. The van der Waals surface area contributed by atoms with Gasteiger partial charge in [-0.2, -0.15) is 0 Å². The first-order valence-electron chi connectivity index (χ1n) is 6.28. The van der Waals surface area contributed by atoms with Crippen molar-refractivity contribution in [3.8, 4) is 0 Å². The molecule has 16 heavy (non-hydrogen) atoms. The lowest BCUT2D eigenvalue weighted by atomic mass is 9.91. The second-order valence-electron chi connectivity index (χ2n) is 4.60. The fourth-order valence-electron chi connectivity index (χ4n) is 2.45. The summed E-state index contributed by atoms with van der Waals surface area (Å²) in [5.41, 5.74) is 0. The highest BCUT2D eigenvalue weighted by Crippen LogP contribution is 2.26. The smallest absolute Gasteiger partial charge is 0.0693 e. The Morgan fingerprint density at radius 3 is 2.94 bits per heavy atom. The highest BCUT2D eigenvalue weighted by molar-refractivity contribution is 7.10. The molecule has 1 aliphatic carbocycles. The van der Waals surface area contributed by atoms with E-state index >= 15 is 0 Å².